The lowest BCUT2D eigenvalue weighted by Gasteiger charge is -2.35. The van der Waals surface area contributed by atoms with Gasteiger partial charge in [0, 0.05) is 25.8 Å². The van der Waals surface area contributed by atoms with E-state index in [9.17, 15) is 24.3 Å². The second-order valence-electron chi connectivity index (χ2n) is 14.3. The van der Waals surface area contributed by atoms with E-state index >= 15 is 0 Å². The van der Waals surface area contributed by atoms with Crippen LogP contribution < -0.4 is 10.6 Å². The zero-order valence-corrected chi connectivity index (χ0v) is 30.2. The van der Waals surface area contributed by atoms with Gasteiger partial charge in [-0.05, 0) is 43.2 Å². The fourth-order valence-electron chi connectivity index (χ4n) is 6.22. The van der Waals surface area contributed by atoms with E-state index in [2.05, 4.69) is 15.6 Å². The number of aliphatic hydroxyl groups is 1. The van der Waals surface area contributed by atoms with Crippen LogP contribution in [0.3, 0.4) is 0 Å². The van der Waals surface area contributed by atoms with Gasteiger partial charge in [0.2, 0.25) is 17.7 Å². The SMILES string of the molecule is Cc1ncsc1-c1ccc(C(C)NC(=O)[C@@H]2C[C@@H](O)CN2C(=O)C(NC(=O)CCCCCCCCCCCCC(=O)O)C(C)(C)C)cc1. The Labute approximate surface area is 290 Å². The van der Waals surface area contributed by atoms with Crippen LogP contribution in [0.25, 0.3) is 10.4 Å². The number of unbranched alkanes of at least 4 members (excludes halogenated alkanes) is 9. The standard InChI is InChI=1S/C37H56N4O6S/c1-25(27-18-20-28(21-19-27)33-26(2)38-24-48-33)39-35(46)30-22-29(42)23-41(30)36(47)34(37(3,4)5)40-31(43)16-14-12-10-8-6-7-9-11-13-15-17-32(44)45/h18-21,24-25,29-30,34,42H,6-17,22-23H2,1-5H3,(H,39,46)(H,40,43)(H,44,45)/t25?,29-,30+,34?/m1/s1. The molecular formula is C37H56N4O6S. The summed E-state index contributed by atoms with van der Waals surface area (Å²) in [5.74, 6) is -1.59. The first-order valence-electron chi connectivity index (χ1n) is 17.6. The average Bonchev–Trinajstić information content (AvgIpc) is 3.64. The van der Waals surface area contributed by atoms with Crippen molar-refractivity contribution in [2.45, 2.75) is 142 Å². The van der Waals surface area contributed by atoms with Gasteiger partial charge in [-0.3, -0.25) is 19.2 Å². The van der Waals surface area contributed by atoms with Gasteiger partial charge in [-0.1, -0.05) is 96.4 Å². The molecule has 0 saturated carbocycles. The zero-order valence-electron chi connectivity index (χ0n) is 29.4. The Kier molecular flexibility index (Phi) is 15.5. The van der Waals surface area contributed by atoms with Crippen LogP contribution in [0.5, 0.6) is 0 Å². The van der Waals surface area contributed by atoms with Crippen LogP contribution >= 0.6 is 11.3 Å². The number of amides is 3. The number of carboxylic acids is 1. The maximum absolute atomic E-state index is 13.9. The van der Waals surface area contributed by atoms with Gasteiger partial charge in [0.1, 0.15) is 12.1 Å². The van der Waals surface area contributed by atoms with Gasteiger partial charge in [-0.2, -0.15) is 0 Å². The summed E-state index contributed by atoms with van der Waals surface area (Å²) in [5, 5.41) is 25.2. The first-order valence-corrected chi connectivity index (χ1v) is 18.5. The Balaban J connectivity index is 1.46. The van der Waals surface area contributed by atoms with Crippen LogP contribution in [-0.4, -0.2) is 68.5 Å². The van der Waals surface area contributed by atoms with E-state index in [1.54, 1.807) is 11.3 Å². The summed E-state index contributed by atoms with van der Waals surface area (Å²) in [6, 6.07) is 6.02. The number of hydrogen-bond donors (Lipinski definition) is 4. The van der Waals surface area contributed by atoms with Crippen molar-refractivity contribution in [3.63, 3.8) is 0 Å². The van der Waals surface area contributed by atoms with E-state index in [0.29, 0.717) is 6.42 Å². The fraction of sp³-hybridized carbons (Fsp3) is 0.649. The van der Waals surface area contributed by atoms with Crippen LogP contribution in [0, 0.1) is 12.3 Å². The number of nitrogens with zero attached hydrogens (tertiary/aromatic N) is 2. The Morgan fingerprint density at radius 1 is 0.917 bits per heavy atom. The van der Waals surface area contributed by atoms with Gasteiger partial charge >= 0.3 is 5.97 Å². The number of carbonyl (C=O) groups excluding carboxylic acids is 3. The molecule has 1 saturated heterocycles. The number of rotatable bonds is 19. The lowest BCUT2D eigenvalue weighted by Crippen LogP contribution is -2.57. The highest BCUT2D eigenvalue weighted by Crippen LogP contribution is 2.29. The van der Waals surface area contributed by atoms with Gasteiger partial charge in [0.05, 0.1) is 28.2 Å². The van der Waals surface area contributed by atoms with Crippen LogP contribution in [0.2, 0.25) is 0 Å². The smallest absolute Gasteiger partial charge is 0.303 e. The quantitative estimate of drug-likeness (QED) is 0.123. The average molecular weight is 685 g/mol. The lowest BCUT2D eigenvalue weighted by molar-refractivity contribution is -0.144. The van der Waals surface area contributed by atoms with E-state index in [1.165, 1.54) is 4.90 Å². The number of hydrogen-bond acceptors (Lipinski definition) is 7. The number of nitrogens with one attached hydrogen (secondary N) is 2. The molecule has 266 valence electrons. The molecule has 1 fully saturated rings. The van der Waals surface area contributed by atoms with E-state index in [4.69, 9.17) is 5.11 Å². The molecule has 3 rings (SSSR count). The molecule has 48 heavy (non-hydrogen) atoms. The number of aromatic nitrogens is 1. The number of aryl methyl sites for hydroxylation is 1. The summed E-state index contributed by atoms with van der Waals surface area (Å²) >= 11 is 1.59. The Morgan fingerprint density at radius 2 is 1.48 bits per heavy atom. The normalized spacial score (nSPS) is 17.6. The molecule has 0 bridgehead atoms. The topological polar surface area (TPSA) is 149 Å². The summed E-state index contributed by atoms with van der Waals surface area (Å²) in [6.07, 6.45) is 9.93. The van der Waals surface area contributed by atoms with Crippen molar-refractivity contribution >= 4 is 35.0 Å². The molecule has 0 spiro atoms. The Hall–Kier alpha value is -3.31. The zero-order chi connectivity index (χ0) is 35.3. The van der Waals surface area contributed by atoms with Crippen molar-refractivity contribution in [1.82, 2.24) is 20.5 Å². The number of aliphatic hydroxyl groups excluding tert-OH is 1. The summed E-state index contributed by atoms with van der Waals surface area (Å²) in [6.45, 7) is 9.59. The largest absolute Gasteiger partial charge is 0.481 e. The molecule has 3 amide bonds. The van der Waals surface area contributed by atoms with Gasteiger partial charge < -0.3 is 25.7 Å². The molecule has 1 aromatic carbocycles. The van der Waals surface area contributed by atoms with Gasteiger partial charge in [-0.15, -0.1) is 11.3 Å². The lowest BCUT2D eigenvalue weighted by atomic mass is 9.85. The minimum Gasteiger partial charge on any atom is -0.481 e. The minimum absolute atomic E-state index is 0.0407. The number of benzene rings is 1. The number of thiazole rings is 1. The van der Waals surface area contributed by atoms with Crippen molar-refractivity contribution in [1.29, 1.82) is 0 Å². The highest BCUT2D eigenvalue weighted by Gasteiger charge is 2.44. The van der Waals surface area contributed by atoms with Crippen molar-refractivity contribution in [3.05, 3.63) is 41.0 Å². The molecule has 10 nitrogen and oxygen atoms in total. The second kappa shape index (κ2) is 19.0. The predicted octanol–water partition coefficient (Wildman–Crippen LogP) is 6.55. The first kappa shape index (κ1) is 39.1. The fourth-order valence-corrected chi connectivity index (χ4v) is 7.04. The Morgan fingerprint density at radius 3 is 2.00 bits per heavy atom. The van der Waals surface area contributed by atoms with Gasteiger partial charge in [0.25, 0.3) is 0 Å². The first-order chi connectivity index (χ1) is 22.8. The summed E-state index contributed by atoms with van der Waals surface area (Å²) < 4.78 is 0. The number of carboxylic acid groups (broad SMARTS) is 1. The van der Waals surface area contributed by atoms with Crippen molar-refractivity contribution in [2.75, 3.05) is 6.54 Å². The van der Waals surface area contributed by atoms with Crippen LogP contribution in [0.15, 0.2) is 29.8 Å². The second-order valence-corrected chi connectivity index (χ2v) is 15.2. The molecule has 11 heteroatoms. The molecule has 4 atom stereocenters. The molecule has 0 radical (unpaired) electrons. The van der Waals surface area contributed by atoms with Crippen molar-refractivity contribution in [3.8, 4) is 10.4 Å². The minimum atomic E-state index is -0.833. The molecule has 2 aromatic rings. The highest BCUT2D eigenvalue weighted by atomic mass is 32.1. The summed E-state index contributed by atoms with van der Waals surface area (Å²) in [5.41, 5.74) is 4.20. The number of likely N-dealkylation sites (tertiary alicyclic amines) is 1. The van der Waals surface area contributed by atoms with Gasteiger partial charge in [0.15, 0.2) is 0 Å². The Bertz CT molecular complexity index is 1340. The van der Waals surface area contributed by atoms with E-state index < -0.39 is 29.6 Å². The molecule has 1 aromatic heterocycles. The molecule has 2 heterocycles. The van der Waals surface area contributed by atoms with E-state index in [0.717, 1.165) is 85.9 Å². The summed E-state index contributed by atoms with van der Waals surface area (Å²) in [7, 11) is 0. The molecule has 1 aliphatic rings. The number of β-amino-alcohol motifs (C(OH)–C–C–N with tert-alkyl or cyclic N) is 1. The van der Waals surface area contributed by atoms with E-state index in [-0.39, 0.29) is 43.1 Å². The maximum atomic E-state index is 13.9. The predicted molar refractivity (Wildman–Crippen MR) is 189 cm³/mol. The third-order valence-corrected chi connectivity index (χ3v) is 10.1. The van der Waals surface area contributed by atoms with Crippen LogP contribution in [0.1, 0.15) is 128 Å². The van der Waals surface area contributed by atoms with Crippen molar-refractivity contribution in [2.24, 2.45) is 5.41 Å². The van der Waals surface area contributed by atoms with Crippen molar-refractivity contribution < 1.29 is 29.4 Å². The molecular weight excluding hydrogens is 628 g/mol. The number of aliphatic carboxylic acids is 1. The third kappa shape index (κ3) is 12.3. The van der Waals surface area contributed by atoms with Crippen LogP contribution in [-0.2, 0) is 19.2 Å². The van der Waals surface area contributed by atoms with Gasteiger partial charge in [-0.25, -0.2) is 4.98 Å². The third-order valence-electron chi connectivity index (χ3n) is 9.10. The molecule has 2 unspecified atom stereocenters. The molecule has 1 aliphatic heterocycles. The maximum Gasteiger partial charge on any atom is 0.303 e. The van der Waals surface area contributed by atoms with Crippen LogP contribution in [0.4, 0.5) is 0 Å². The highest BCUT2D eigenvalue weighted by molar-refractivity contribution is 7.13. The van der Waals surface area contributed by atoms with E-state index in [1.807, 2.05) is 64.4 Å². The summed E-state index contributed by atoms with van der Waals surface area (Å²) in [4.78, 5) is 57.8. The number of carbonyl (C=O) groups is 4. The monoisotopic (exact) mass is 684 g/mol. The molecule has 4 N–H and O–H groups in total. The molecule has 0 aliphatic carbocycles.